The smallest absolute Gasteiger partial charge is 0.285 e. The molecular weight excluding hydrogens is 246 g/mol. The van der Waals surface area contributed by atoms with E-state index < -0.39 is 0 Å². The zero-order valence-electron chi connectivity index (χ0n) is 11.5. The van der Waals surface area contributed by atoms with Crippen molar-refractivity contribution in [2.75, 3.05) is 14.1 Å². The molecule has 0 aliphatic carbocycles. The average molecular weight is 265 g/mol. The number of benzene rings is 1. The van der Waals surface area contributed by atoms with Crippen LogP contribution in [0.2, 0.25) is 0 Å². The Labute approximate surface area is 113 Å². The number of nitrogens with zero attached hydrogens (tertiary/aromatic N) is 1. The molecule has 18 heavy (non-hydrogen) atoms. The van der Waals surface area contributed by atoms with E-state index in [1.807, 2.05) is 12.1 Å². The highest BCUT2D eigenvalue weighted by Gasteiger charge is 2.22. The number of aldehydes is 1. The van der Waals surface area contributed by atoms with E-state index in [0.29, 0.717) is 5.56 Å². The fraction of sp³-hybridized carbons (Fsp3) is 0.429. The van der Waals surface area contributed by atoms with Crippen LogP contribution in [0.5, 0.6) is 0 Å². The first-order chi connectivity index (χ1) is 8.27. The number of thioether (sulfide) groups is 1. The maximum absolute atomic E-state index is 11.8. The topological polar surface area (TPSA) is 37.4 Å². The van der Waals surface area contributed by atoms with Gasteiger partial charge in [-0.3, -0.25) is 9.59 Å². The Hall–Kier alpha value is -1.29. The van der Waals surface area contributed by atoms with Crippen molar-refractivity contribution in [2.45, 2.75) is 31.1 Å². The second kappa shape index (κ2) is 5.57. The molecule has 0 saturated carbocycles. The summed E-state index contributed by atoms with van der Waals surface area (Å²) in [4.78, 5) is 25.2. The summed E-state index contributed by atoms with van der Waals surface area (Å²) in [5.41, 5.74) is 1.49. The van der Waals surface area contributed by atoms with Gasteiger partial charge in [-0.05, 0) is 22.7 Å². The molecule has 1 aromatic carbocycles. The van der Waals surface area contributed by atoms with Crippen LogP contribution in [0, 0.1) is 0 Å². The summed E-state index contributed by atoms with van der Waals surface area (Å²) >= 11 is 1.11. The molecule has 3 nitrogen and oxygen atoms in total. The Morgan fingerprint density at radius 1 is 1.28 bits per heavy atom. The van der Waals surface area contributed by atoms with Gasteiger partial charge in [-0.25, -0.2) is 0 Å². The second-order valence-electron chi connectivity index (χ2n) is 5.35. The predicted molar refractivity (Wildman–Crippen MR) is 75.5 cm³/mol. The first-order valence-corrected chi connectivity index (χ1v) is 6.57. The van der Waals surface area contributed by atoms with Crippen LogP contribution in [0.3, 0.4) is 0 Å². The number of carbonyl (C=O) groups excluding carboxylic acids is 2. The van der Waals surface area contributed by atoms with Gasteiger partial charge in [0.05, 0.1) is 0 Å². The summed E-state index contributed by atoms with van der Waals surface area (Å²) in [5, 5.41) is -0.0743. The summed E-state index contributed by atoms with van der Waals surface area (Å²) in [6, 6.07) is 5.57. The average Bonchev–Trinajstić information content (AvgIpc) is 2.27. The van der Waals surface area contributed by atoms with Gasteiger partial charge >= 0.3 is 0 Å². The summed E-state index contributed by atoms with van der Waals surface area (Å²) in [7, 11) is 3.41. The van der Waals surface area contributed by atoms with Crippen molar-refractivity contribution in [3.63, 3.8) is 0 Å². The van der Waals surface area contributed by atoms with Gasteiger partial charge in [0.15, 0.2) is 6.29 Å². The fourth-order valence-electron chi connectivity index (χ4n) is 1.53. The van der Waals surface area contributed by atoms with E-state index in [4.69, 9.17) is 0 Å². The molecule has 4 heteroatoms. The van der Waals surface area contributed by atoms with E-state index in [0.717, 1.165) is 28.5 Å². The second-order valence-corrected chi connectivity index (χ2v) is 6.32. The molecule has 0 bridgehead atoms. The van der Waals surface area contributed by atoms with Gasteiger partial charge in [-0.1, -0.05) is 39.0 Å². The molecule has 1 rings (SSSR count). The van der Waals surface area contributed by atoms with E-state index in [1.54, 1.807) is 20.2 Å². The van der Waals surface area contributed by atoms with E-state index in [1.165, 1.54) is 4.90 Å². The third kappa shape index (κ3) is 3.35. The molecule has 0 fully saturated rings. The largest absolute Gasteiger partial charge is 0.339 e. The van der Waals surface area contributed by atoms with Crippen LogP contribution in [-0.4, -0.2) is 30.5 Å². The van der Waals surface area contributed by atoms with Gasteiger partial charge in [-0.2, -0.15) is 0 Å². The molecule has 0 heterocycles. The number of hydrogen-bond donors (Lipinski definition) is 0. The Balaban J connectivity index is 3.29. The van der Waals surface area contributed by atoms with Crippen LogP contribution in [-0.2, 0) is 5.41 Å². The van der Waals surface area contributed by atoms with Gasteiger partial charge in [0, 0.05) is 24.6 Å². The van der Waals surface area contributed by atoms with Crippen LogP contribution >= 0.6 is 11.8 Å². The molecule has 0 aromatic heterocycles. The SMILES string of the molecule is CN(C)C(=O)Sc1c(C=O)cccc1C(C)(C)C. The highest BCUT2D eigenvalue weighted by molar-refractivity contribution is 8.13. The van der Waals surface area contributed by atoms with Crippen molar-refractivity contribution in [2.24, 2.45) is 0 Å². The first-order valence-electron chi connectivity index (χ1n) is 5.75. The number of rotatable bonds is 2. The van der Waals surface area contributed by atoms with Crippen LogP contribution in [0.4, 0.5) is 4.79 Å². The molecular formula is C14H19NO2S. The van der Waals surface area contributed by atoms with Crippen LogP contribution in [0.25, 0.3) is 0 Å². The lowest BCUT2D eigenvalue weighted by atomic mass is 9.86. The molecule has 1 amide bonds. The molecule has 0 N–H and O–H groups in total. The van der Waals surface area contributed by atoms with Gasteiger partial charge in [0.1, 0.15) is 0 Å². The zero-order valence-corrected chi connectivity index (χ0v) is 12.3. The molecule has 1 aromatic rings. The molecule has 0 aliphatic rings. The van der Waals surface area contributed by atoms with Crippen LogP contribution < -0.4 is 0 Å². The Morgan fingerprint density at radius 2 is 1.89 bits per heavy atom. The molecule has 98 valence electrons. The molecule has 0 radical (unpaired) electrons. The van der Waals surface area contributed by atoms with Crippen molar-refractivity contribution >= 4 is 23.3 Å². The Bertz CT molecular complexity index is 461. The molecule has 0 spiro atoms. The first kappa shape index (κ1) is 14.8. The van der Waals surface area contributed by atoms with Crippen molar-refractivity contribution < 1.29 is 9.59 Å². The van der Waals surface area contributed by atoms with Crippen LogP contribution in [0.15, 0.2) is 23.1 Å². The van der Waals surface area contributed by atoms with Crippen molar-refractivity contribution in [3.05, 3.63) is 29.3 Å². The van der Waals surface area contributed by atoms with Crippen molar-refractivity contribution in [1.29, 1.82) is 0 Å². The molecule has 0 unspecified atom stereocenters. The van der Waals surface area contributed by atoms with Crippen molar-refractivity contribution in [1.82, 2.24) is 4.90 Å². The minimum atomic E-state index is -0.103. The number of carbonyl (C=O) groups is 2. The highest BCUT2D eigenvalue weighted by atomic mass is 32.2. The fourth-order valence-corrected chi connectivity index (χ4v) is 2.61. The van der Waals surface area contributed by atoms with E-state index in [9.17, 15) is 9.59 Å². The Morgan fingerprint density at radius 3 is 2.33 bits per heavy atom. The monoisotopic (exact) mass is 265 g/mol. The summed E-state index contributed by atoms with van der Waals surface area (Å²) in [6.45, 7) is 6.21. The third-order valence-electron chi connectivity index (χ3n) is 2.53. The van der Waals surface area contributed by atoms with Gasteiger partial charge < -0.3 is 4.90 Å². The predicted octanol–water partition coefficient (Wildman–Crippen LogP) is 3.57. The third-order valence-corrected chi connectivity index (χ3v) is 3.73. The quantitative estimate of drug-likeness (QED) is 0.606. The lowest BCUT2D eigenvalue weighted by Gasteiger charge is -2.23. The number of hydrogen-bond acceptors (Lipinski definition) is 3. The van der Waals surface area contributed by atoms with Gasteiger partial charge in [-0.15, -0.1) is 0 Å². The van der Waals surface area contributed by atoms with E-state index in [-0.39, 0.29) is 10.7 Å². The normalized spacial score (nSPS) is 11.2. The lowest BCUT2D eigenvalue weighted by Crippen LogP contribution is -2.19. The highest BCUT2D eigenvalue weighted by Crippen LogP contribution is 2.35. The summed E-state index contributed by atoms with van der Waals surface area (Å²) < 4.78 is 0. The van der Waals surface area contributed by atoms with Crippen LogP contribution in [0.1, 0.15) is 36.7 Å². The standard InChI is InChI=1S/C14H19NO2S/c1-14(2,3)11-8-6-7-10(9-16)12(11)18-13(17)15(4)5/h6-9H,1-5H3. The Kier molecular flexibility index (Phi) is 4.57. The minimum absolute atomic E-state index is 0.0743. The molecule has 0 aliphatic heterocycles. The molecule has 0 saturated heterocycles. The van der Waals surface area contributed by atoms with Gasteiger partial charge in [0.2, 0.25) is 0 Å². The maximum atomic E-state index is 11.8. The minimum Gasteiger partial charge on any atom is -0.339 e. The van der Waals surface area contributed by atoms with Crippen molar-refractivity contribution in [3.8, 4) is 0 Å². The van der Waals surface area contributed by atoms with E-state index in [2.05, 4.69) is 20.8 Å². The zero-order chi connectivity index (χ0) is 13.9. The summed E-state index contributed by atoms with van der Waals surface area (Å²) in [6.07, 6.45) is 0.806. The summed E-state index contributed by atoms with van der Waals surface area (Å²) in [5.74, 6) is 0. The van der Waals surface area contributed by atoms with Gasteiger partial charge in [0.25, 0.3) is 5.24 Å². The number of amides is 1. The lowest BCUT2D eigenvalue weighted by molar-refractivity contribution is 0.112. The molecule has 0 atom stereocenters. The maximum Gasteiger partial charge on any atom is 0.285 e. The van der Waals surface area contributed by atoms with E-state index >= 15 is 0 Å².